The third-order valence-electron chi connectivity index (χ3n) is 3.17. The van der Waals surface area contributed by atoms with Gasteiger partial charge in [-0.3, -0.25) is 4.79 Å². The summed E-state index contributed by atoms with van der Waals surface area (Å²) in [5.74, 6) is -3.06. The molecule has 3 rings (SSSR count). The SMILES string of the molecule is O=C(NC1CC(F)(F)C1)c1cc2ccnc(Cl)c2[nH]1. The summed E-state index contributed by atoms with van der Waals surface area (Å²) in [4.78, 5) is 18.6. The molecule has 2 heterocycles. The van der Waals surface area contributed by atoms with E-state index in [1.165, 1.54) is 6.20 Å². The maximum Gasteiger partial charge on any atom is 0.267 e. The molecule has 1 aliphatic rings. The number of aromatic nitrogens is 2. The molecule has 0 aliphatic heterocycles. The van der Waals surface area contributed by atoms with Crippen molar-refractivity contribution in [3.8, 4) is 0 Å². The maximum absolute atomic E-state index is 12.7. The number of aromatic amines is 1. The fourth-order valence-corrected chi connectivity index (χ4v) is 2.38. The van der Waals surface area contributed by atoms with Crippen molar-refractivity contribution in [1.82, 2.24) is 15.3 Å². The van der Waals surface area contributed by atoms with E-state index in [0.717, 1.165) is 5.39 Å². The zero-order chi connectivity index (χ0) is 13.6. The molecule has 1 fully saturated rings. The summed E-state index contributed by atoms with van der Waals surface area (Å²) in [6.07, 6.45) is 0.926. The highest BCUT2D eigenvalue weighted by Gasteiger charge is 2.46. The molecule has 0 radical (unpaired) electrons. The number of amides is 1. The van der Waals surface area contributed by atoms with E-state index in [9.17, 15) is 13.6 Å². The molecule has 2 aromatic heterocycles. The Morgan fingerprint density at radius 3 is 2.89 bits per heavy atom. The van der Waals surface area contributed by atoms with E-state index in [-0.39, 0.29) is 18.0 Å². The second kappa shape index (κ2) is 4.16. The van der Waals surface area contributed by atoms with Crippen LogP contribution in [0.1, 0.15) is 23.3 Å². The Labute approximate surface area is 112 Å². The van der Waals surface area contributed by atoms with Gasteiger partial charge < -0.3 is 10.3 Å². The number of fused-ring (bicyclic) bond motifs is 1. The van der Waals surface area contributed by atoms with Crippen molar-refractivity contribution in [2.45, 2.75) is 24.8 Å². The van der Waals surface area contributed by atoms with Crippen LogP contribution in [0.3, 0.4) is 0 Å². The van der Waals surface area contributed by atoms with E-state index in [0.29, 0.717) is 11.2 Å². The van der Waals surface area contributed by atoms with Crippen LogP contribution in [-0.2, 0) is 0 Å². The summed E-state index contributed by atoms with van der Waals surface area (Å²) >= 11 is 5.88. The zero-order valence-electron chi connectivity index (χ0n) is 9.71. The smallest absolute Gasteiger partial charge is 0.267 e. The minimum atomic E-state index is -2.65. The highest BCUT2D eigenvalue weighted by atomic mass is 35.5. The molecule has 1 aliphatic carbocycles. The number of nitrogens with one attached hydrogen (secondary N) is 2. The van der Waals surface area contributed by atoms with Crippen LogP contribution in [0.15, 0.2) is 18.3 Å². The summed E-state index contributed by atoms with van der Waals surface area (Å²) in [6.45, 7) is 0. The number of carbonyl (C=O) groups excluding carboxylic acids is 1. The van der Waals surface area contributed by atoms with Crippen LogP contribution in [0.2, 0.25) is 5.15 Å². The first kappa shape index (κ1) is 12.3. The van der Waals surface area contributed by atoms with Crippen LogP contribution >= 0.6 is 11.6 Å². The molecule has 0 spiro atoms. The van der Waals surface area contributed by atoms with E-state index in [1.807, 2.05) is 0 Å². The van der Waals surface area contributed by atoms with Crippen LogP contribution in [0.5, 0.6) is 0 Å². The van der Waals surface area contributed by atoms with Crippen molar-refractivity contribution in [2.75, 3.05) is 0 Å². The highest BCUT2D eigenvalue weighted by molar-refractivity contribution is 6.33. The predicted octanol–water partition coefficient (Wildman–Crippen LogP) is 2.74. The fraction of sp³-hybridized carbons (Fsp3) is 0.333. The summed E-state index contributed by atoms with van der Waals surface area (Å²) in [7, 11) is 0. The van der Waals surface area contributed by atoms with Gasteiger partial charge in [-0.15, -0.1) is 0 Å². The summed E-state index contributed by atoms with van der Waals surface area (Å²) in [5, 5.41) is 3.58. The third-order valence-corrected chi connectivity index (χ3v) is 3.45. The summed E-state index contributed by atoms with van der Waals surface area (Å²) in [5.41, 5.74) is 0.855. The van der Waals surface area contributed by atoms with Crippen LogP contribution < -0.4 is 5.32 Å². The highest BCUT2D eigenvalue weighted by Crippen LogP contribution is 2.37. The van der Waals surface area contributed by atoms with Gasteiger partial charge in [0, 0.05) is 30.5 Å². The molecule has 1 amide bonds. The Kier molecular flexibility index (Phi) is 2.70. The Morgan fingerprint density at radius 2 is 2.26 bits per heavy atom. The number of alkyl halides is 2. The Bertz CT molecular complexity index is 647. The fourth-order valence-electron chi connectivity index (χ4n) is 2.17. The van der Waals surface area contributed by atoms with Crippen LogP contribution in [0.25, 0.3) is 10.9 Å². The quantitative estimate of drug-likeness (QED) is 0.834. The van der Waals surface area contributed by atoms with Gasteiger partial charge in [0.1, 0.15) is 5.69 Å². The van der Waals surface area contributed by atoms with E-state index >= 15 is 0 Å². The molecule has 4 nitrogen and oxygen atoms in total. The van der Waals surface area contributed by atoms with Crippen molar-refractivity contribution >= 4 is 28.4 Å². The molecular formula is C12H10ClF2N3O. The lowest BCUT2D eigenvalue weighted by molar-refractivity contribution is -0.0901. The van der Waals surface area contributed by atoms with Crippen LogP contribution in [-0.4, -0.2) is 27.8 Å². The number of H-pyrrole nitrogens is 1. The van der Waals surface area contributed by atoms with Gasteiger partial charge in [-0.05, 0) is 12.1 Å². The monoisotopic (exact) mass is 285 g/mol. The van der Waals surface area contributed by atoms with Crippen molar-refractivity contribution in [2.24, 2.45) is 0 Å². The number of rotatable bonds is 2. The van der Waals surface area contributed by atoms with Gasteiger partial charge in [0.05, 0.1) is 5.52 Å². The molecular weight excluding hydrogens is 276 g/mol. The first-order valence-electron chi connectivity index (χ1n) is 5.76. The molecule has 0 aromatic carbocycles. The van der Waals surface area contributed by atoms with Gasteiger partial charge >= 0.3 is 0 Å². The van der Waals surface area contributed by atoms with Gasteiger partial charge in [0.2, 0.25) is 0 Å². The maximum atomic E-state index is 12.7. The number of hydrogen-bond acceptors (Lipinski definition) is 2. The Morgan fingerprint density at radius 1 is 1.53 bits per heavy atom. The van der Waals surface area contributed by atoms with Crippen molar-refractivity contribution in [3.63, 3.8) is 0 Å². The molecule has 1 saturated carbocycles. The van der Waals surface area contributed by atoms with Crippen LogP contribution in [0, 0.1) is 0 Å². The average molecular weight is 286 g/mol. The van der Waals surface area contributed by atoms with Gasteiger partial charge in [-0.25, -0.2) is 13.8 Å². The van der Waals surface area contributed by atoms with E-state index < -0.39 is 17.9 Å². The largest absolute Gasteiger partial charge is 0.348 e. The minimum absolute atomic E-state index is 0.270. The summed E-state index contributed by atoms with van der Waals surface area (Å²) < 4.78 is 25.4. The van der Waals surface area contributed by atoms with Crippen LogP contribution in [0.4, 0.5) is 8.78 Å². The predicted molar refractivity (Wildman–Crippen MR) is 66.5 cm³/mol. The molecule has 0 saturated heterocycles. The standard InChI is InChI=1S/C12H10ClF2N3O/c13-10-9-6(1-2-16-10)3-8(18-9)11(19)17-7-4-12(14,15)5-7/h1-3,7,18H,4-5H2,(H,17,19). The second-order valence-corrected chi connectivity index (χ2v) is 5.04. The minimum Gasteiger partial charge on any atom is -0.348 e. The molecule has 0 bridgehead atoms. The third kappa shape index (κ3) is 2.28. The normalized spacial score (nSPS) is 18.3. The molecule has 2 N–H and O–H groups in total. The number of carbonyl (C=O) groups is 1. The van der Waals surface area contributed by atoms with Crippen molar-refractivity contribution in [3.05, 3.63) is 29.2 Å². The lowest BCUT2D eigenvalue weighted by Gasteiger charge is -2.35. The average Bonchev–Trinajstić information content (AvgIpc) is 2.72. The van der Waals surface area contributed by atoms with Gasteiger partial charge in [-0.1, -0.05) is 11.6 Å². The van der Waals surface area contributed by atoms with Crippen molar-refractivity contribution in [1.29, 1.82) is 0 Å². The number of hydrogen-bond donors (Lipinski definition) is 2. The van der Waals surface area contributed by atoms with E-state index in [2.05, 4.69) is 15.3 Å². The Hall–Kier alpha value is -1.69. The molecule has 19 heavy (non-hydrogen) atoms. The number of pyridine rings is 1. The lowest BCUT2D eigenvalue weighted by Crippen LogP contribution is -2.50. The van der Waals surface area contributed by atoms with E-state index in [4.69, 9.17) is 11.6 Å². The lowest BCUT2D eigenvalue weighted by atomic mass is 9.88. The molecule has 100 valence electrons. The number of halogens is 3. The molecule has 0 atom stereocenters. The summed E-state index contributed by atoms with van der Waals surface area (Å²) in [6, 6.07) is 2.86. The van der Waals surface area contributed by atoms with E-state index in [1.54, 1.807) is 12.1 Å². The molecule has 7 heteroatoms. The first-order valence-corrected chi connectivity index (χ1v) is 6.14. The Balaban J connectivity index is 1.77. The zero-order valence-corrected chi connectivity index (χ0v) is 10.5. The van der Waals surface area contributed by atoms with Gasteiger partial charge in [0.15, 0.2) is 5.15 Å². The first-order chi connectivity index (χ1) is 8.94. The molecule has 0 unspecified atom stereocenters. The van der Waals surface area contributed by atoms with Crippen molar-refractivity contribution < 1.29 is 13.6 Å². The second-order valence-electron chi connectivity index (χ2n) is 4.68. The van der Waals surface area contributed by atoms with Gasteiger partial charge in [-0.2, -0.15) is 0 Å². The number of nitrogens with zero attached hydrogens (tertiary/aromatic N) is 1. The molecule has 2 aromatic rings. The topological polar surface area (TPSA) is 57.8 Å². The van der Waals surface area contributed by atoms with Gasteiger partial charge in [0.25, 0.3) is 11.8 Å².